The molecule has 2 aromatic carbocycles. The number of furan rings is 1. The van der Waals surface area contributed by atoms with Gasteiger partial charge in [0, 0.05) is 41.5 Å². The van der Waals surface area contributed by atoms with Crippen LogP contribution in [0.5, 0.6) is 0 Å². The van der Waals surface area contributed by atoms with E-state index in [4.69, 9.17) is 4.42 Å². The lowest BCUT2D eigenvalue weighted by Gasteiger charge is -2.32. The summed E-state index contributed by atoms with van der Waals surface area (Å²) in [6.07, 6.45) is 1.51. The van der Waals surface area contributed by atoms with Crippen LogP contribution in [0.4, 0.5) is 5.69 Å². The van der Waals surface area contributed by atoms with Gasteiger partial charge in [0.2, 0.25) is 5.91 Å². The molecule has 1 heterocycles. The molecule has 190 valence electrons. The van der Waals surface area contributed by atoms with Crippen LogP contribution in [-0.2, 0) is 20.9 Å². The second-order valence-electron chi connectivity index (χ2n) is 8.30. The topological polar surface area (TPSA) is 126 Å². The molecule has 0 aliphatic heterocycles. The first-order valence-corrected chi connectivity index (χ1v) is 12.9. The summed E-state index contributed by atoms with van der Waals surface area (Å²) >= 11 is -2.80. The first-order valence-electron chi connectivity index (χ1n) is 11.9. The van der Waals surface area contributed by atoms with E-state index in [0.717, 1.165) is 22.8 Å². The maximum Gasteiger partial charge on any atom is 0.327 e. The summed E-state index contributed by atoms with van der Waals surface area (Å²) < 4.78 is 30.9. The third-order valence-electron chi connectivity index (χ3n) is 6.12. The highest BCUT2D eigenvalue weighted by atomic mass is 32.2. The molecule has 3 aromatic rings. The van der Waals surface area contributed by atoms with Gasteiger partial charge in [-0.3, -0.25) is 13.3 Å². The Morgan fingerprint density at radius 2 is 1.80 bits per heavy atom. The molecular weight excluding hydrogens is 470 g/mol. The zero-order chi connectivity index (χ0) is 25.4. The highest BCUT2D eigenvalue weighted by molar-refractivity contribution is 7.80. The number of fused-ring (bicyclic) bond motifs is 3. The SMILES string of the molecule is CCN(CC)CCC(=O)NCCCCC(C(=O)O)N(c1ccc2oc3ccccc3c2c1)S(=O)[O-]. The molecule has 0 aliphatic rings. The standard InChI is InChI=1S/C25H33N3O6S/c1-3-27(4-2)16-14-24(29)26-15-8-7-10-21(25(30)31)28(35(32)33)18-12-13-23-20(17-18)19-9-5-6-11-22(19)34-23/h5-6,9,11-13,17,21H,3-4,7-8,10,14-16H2,1-2H3,(H,26,29)(H,30,31)(H,32,33)/p-1. The second kappa shape index (κ2) is 12.7. The largest absolute Gasteiger partial charge is 0.755 e. The van der Waals surface area contributed by atoms with E-state index >= 15 is 0 Å². The molecule has 0 radical (unpaired) electrons. The van der Waals surface area contributed by atoms with Crippen LogP contribution in [0.25, 0.3) is 21.9 Å². The van der Waals surface area contributed by atoms with E-state index in [2.05, 4.69) is 10.2 Å². The van der Waals surface area contributed by atoms with Crippen LogP contribution >= 0.6 is 0 Å². The lowest BCUT2D eigenvalue weighted by molar-refractivity contribution is -0.138. The zero-order valence-electron chi connectivity index (χ0n) is 20.1. The number of amides is 1. The molecule has 0 bridgehead atoms. The number of nitrogens with one attached hydrogen (secondary N) is 1. The molecule has 0 saturated heterocycles. The summed E-state index contributed by atoms with van der Waals surface area (Å²) in [4.78, 5) is 26.2. The highest BCUT2D eigenvalue weighted by Gasteiger charge is 2.27. The van der Waals surface area contributed by atoms with Gasteiger partial charge in [-0.2, -0.15) is 0 Å². The van der Waals surface area contributed by atoms with Gasteiger partial charge in [0.25, 0.3) is 0 Å². The van der Waals surface area contributed by atoms with E-state index in [1.807, 2.05) is 38.1 Å². The molecule has 35 heavy (non-hydrogen) atoms. The number of carbonyl (C=O) groups is 2. The van der Waals surface area contributed by atoms with Gasteiger partial charge in [0.05, 0.1) is 5.69 Å². The Kier molecular flexibility index (Phi) is 9.64. The average Bonchev–Trinajstić information content (AvgIpc) is 3.21. The number of carboxylic acid groups (broad SMARTS) is 1. The lowest BCUT2D eigenvalue weighted by Crippen LogP contribution is -2.42. The van der Waals surface area contributed by atoms with Crippen molar-refractivity contribution in [3.8, 4) is 0 Å². The number of aliphatic carboxylic acids is 1. The molecule has 1 aromatic heterocycles. The summed E-state index contributed by atoms with van der Waals surface area (Å²) in [6.45, 7) is 6.99. The Balaban J connectivity index is 1.63. The predicted molar refractivity (Wildman–Crippen MR) is 136 cm³/mol. The number of benzene rings is 2. The van der Waals surface area contributed by atoms with Crippen LogP contribution in [0.2, 0.25) is 0 Å². The molecule has 0 saturated carbocycles. The Labute approximate surface area is 207 Å². The van der Waals surface area contributed by atoms with Crippen molar-refractivity contribution >= 4 is 50.8 Å². The van der Waals surface area contributed by atoms with Gasteiger partial charge in [-0.1, -0.05) is 32.0 Å². The average molecular weight is 503 g/mol. The van der Waals surface area contributed by atoms with Gasteiger partial charge < -0.3 is 24.3 Å². The monoisotopic (exact) mass is 502 g/mol. The number of carboxylic acids is 1. The van der Waals surface area contributed by atoms with E-state index in [0.29, 0.717) is 48.9 Å². The minimum atomic E-state index is -2.80. The smallest absolute Gasteiger partial charge is 0.327 e. The van der Waals surface area contributed by atoms with Crippen LogP contribution < -0.4 is 9.62 Å². The molecule has 2 N–H and O–H groups in total. The quantitative estimate of drug-likeness (QED) is 0.254. The van der Waals surface area contributed by atoms with Gasteiger partial charge >= 0.3 is 5.97 Å². The molecule has 0 fully saturated rings. The van der Waals surface area contributed by atoms with Crippen LogP contribution in [0, 0.1) is 0 Å². The third kappa shape index (κ3) is 6.81. The summed E-state index contributed by atoms with van der Waals surface area (Å²) in [5.41, 5.74) is 1.52. The van der Waals surface area contributed by atoms with Gasteiger partial charge in [-0.15, -0.1) is 0 Å². The molecule has 0 aliphatic carbocycles. The number of hydrogen-bond acceptors (Lipinski definition) is 6. The van der Waals surface area contributed by atoms with Gasteiger partial charge in [0.1, 0.15) is 17.2 Å². The van der Waals surface area contributed by atoms with E-state index in [1.165, 1.54) is 0 Å². The predicted octanol–water partition coefficient (Wildman–Crippen LogP) is 3.66. The second-order valence-corrected chi connectivity index (χ2v) is 9.13. The van der Waals surface area contributed by atoms with Crippen molar-refractivity contribution in [1.82, 2.24) is 10.2 Å². The molecule has 2 unspecified atom stereocenters. The number of rotatable bonds is 14. The van der Waals surface area contributed by atoms with Gasteiger partial charge in [0.15, 0.2) is 0 Å². The van der Waals surface area contributed by atoms with E-state index in [1.54, 1.807) is 18.2 Å². The Morgan fingerprint density at radius 1 is 1.09 bits per heavy atom. The van der Waals surface area contributed by atoms with Crippen molar-refractivity contribution in [2.24, 2.45) is 0 Å². The fourth-order valence-electron chi connectivity index (χ4n) is 4.14. The molecule has 1 amide bonds. The number of carbonyl (C=O) groups excluding carboxylic acids is 1. The minimum absolute atomic E-state index is 0.0467. The summed E-state index contributed by atoms with van der Waals surface area (Å²) in [5.74, 6) is -1.27. The third-order valence-corrected chi connectivity index (χ3v) is 6.91. The van der Waals surface area contributed by atoms with Crippen LogP contribution in [0.15, 0.2) is 46.9 Å². The van der Waals surface area contributed by atoms with E-state index < -0.39 is 23.3 Å². The van der Waals surface area contributed by atoms with Crippen molar-refractivity contribution in [3.63, 3.8) is 0 Å². The van der Waals surface area contributed by atoms with Crippen LogP contribution in [0.3, 0.4) is 0 Å². The Hall–Kier alpha value is -2.95. The van der Waals surface area contributed by atoms with Crippen molar-refractivity contribution in [2.45, 2.75) is 45.6 Å². The summed E-state index contributed by atoms with van der Waals surface area (Å²) in [5, 5.41) is 14.2. The minimum Gasteiger partial charge on any atom is -0.755 e. The zero-order valence-corrected chi connectivity index (χ0v) is 20.9. The molecular formula is C25H32N3O6S-. The van der Waals surface area contributed by atoms with Crippen LogP contribution in [0.1, 0.15) is 39.5 Å². The first kappa shape index (κ1) is 26.7. The maximum atomic E-state index is 12.1. The molecule has 9 nitrogen and oxygen atoms in total. The van der Waals surface area contributed by atoms with E-state index in [9.17, 15) is 23.5 Å². The number of para-hydroxylation sites is 1. The molecule has 3 rings (SSSR count). The Bertz CT molecular complexity index is 1180. The van der Waals surface area contributed by atoms with E-state index in [-0.39, 0.29) is 18.0 Å². The van der Waals surface area contributed by atoms with Crippen LogP contribution in [-0.4, -0.2) is 62.9 Å². The van der Waals surface area contributed by atoms with Gasteiger partial charge in [-0.25, -0.2) is 4.79 Å². The highest BCUT2D eigenvalue weighted by Crippen LogP contribution is 2.33. The Morgan fingerprint density at radius 3 is 2.49 bits per heavy atom. The number of anilines is 1. The maximum absolute atomic E-state index is 12.1. The fraction of sp³-hybridized carbons (Fsp3) is 0.440. The van der Waals surface area contributed by atoms with Crippen molar-refractivity contribution in [2.75, 3.05) is 30.5 Å². The van der Waals surface area contributed by atoms with Crippen molar-refractivity contribution < 1.29 is 27.9 Å². The molecule has 10 heteroatoms. The summed E-state index contributed by atoms with van der Waals surface area (Å²) in [7, 11) is 0. The van der Waals surface area contributed by atoms with Crippen molar-refractivity contribution in [1.29, 1.82) is 0 Å². The molecule has 0 spiro atoms. The first-order chi connectivity index (χ1) is 16.8. The summed E-state index contributed by atoms with van der Waals surface area (Å²) in [6, 6.07) is 11.0. The van der Waals surface area contributed by atoms with Gasteiger partial charge in [-0.05, 0) is 56.6 Å². The number of hydrogen-bond donors (Lipinski definition) is 2. The molecule has 2 atom stereocenters. The normalized spacial score (nSPS) is 13.3. The lowest BCUT2D eigenvalue weighted by atomic mass is 10.1. The number of nitrogens with zero attached hydrogens (tertiary/aromatic N) is 2. The number of unbranched alkanes of at least 4 members (excludes halogenated alkanes) is 1. The van der Waals surface area contributed by atoms with Crippen molar-refractivity contribution in [3.05, 3.63) is 42.5 Å². The fourth-order valence-corrected chi connectivity index (χ4v) is 4.83.